The van der Waals surface area contributed by atoms with E-state index in [0.29, 0.717) is 10.6 Å². The molecule has 0 aliphatic carbocycles. The van der Waals surface area contributed by atoms with E-state index in [1.807, 2.05) is 32.0 Å². The standard InChI is InChI=1S/C20H22N2O4S/c1-13-7-8-15(9-14(13)2)10-20(25)26-11-19(24)22-16-5-3-4-6-17(16)27-12-18(21)23/h3-9H,10-12H2,1-2H3,(H2,21,23)(H,22,24). The number of carbonyl (C=O) groups is 3. The molecule has 0 aliphatic rings. The highest BCUT2D eigenvalue weighted by Gasteiger charge is 2.12. The minimum atomic E-state index is -0.468. The summed E-state index contributed by atoms with van der Waals surface area (Å²) < 4.78 is 5.06. The molecule has 2 aromatic rings. The summed E-state index contributed by atoms with van der Waals surface area (Å²) in [7, 11) is 0. The third-order valence-electron chi connectivity index (χ3n) is 3.82. The average Bonchev–Trinajstić information content (AvgIpc) is 2.62. The molecule has 0 radical (unpaired) electrons. The van der Waals surface area contributed by atoms with Crippen LogP contribution in [0.1, 0.15) is 16.7 Å². The van der Waals surface area contributed by atoms with E-state index in [-0.39, 0.29) is 18.8 Å². The molecule has 7 heteroatoms. The molecular formula is C20H22N2O4S. The number of amides is 2. The molecule has 0 bridgehead atoms. The highest BCUT2D eigenvalue weighted by Crippen LogP contribution is 2.26. The molecule has 0 fully saturated rings. The van der Waals surface area contributed by atoms with Crippen LogP contribution >= 0.6 is 11.8 Å². The van der Waals surface area contributed by atoms with E-state index in [2.05, 4.69) is 5.32 Å². The zero-order valence-corrected chi connectivity index (χ0v) is 16.1. The van der Waals surface area contributed by atoms with Crippen molar-refractivity contribution in [3.8, 4) is 0 Å². The van der Waals surface area contributed by atoms with Crippen LogP contribution in [0, 0.1) is 13.8 Å². The van der Waals surface area contributed by atoms with Gasteiger partial charge in [-0.1, -0.05) is 30.3 Å². The Kier molecular flexibility index (Phi) is 7.43. The molecule has 0 spiro atoms. The number of ether oxygens (including phenoxy) is 1. The van der Waals surface area contributed by atoms with Crippen molar-refractivity contribution >= 4 is 35.2 Å². The number of rotatable bonds is 8. The Labute approximate surface area is 162 Å². The lowest BCUT2D eigenvalue weighted by Crippen LogP contribution is -2.22. The molecule has 0 aromatic heterocycles. The molecule has 6 nitrogen and oxygen atoms in total. The van der Waals surface area contributed by atoms with Gasteiger partial charge in [0.25, 0.3) is 5.91 Å². The topological polar surface area (TPSA) is 98.5 Å². The molecule has 0 saturated carbocycles. The van der Waals surface area contributed by atoms with Crippen molar-refractivity contribution < 1.29 is 19.1 Å². The van der Waals surface area contributed by atoms with Crippen molar-refractivity contribution in [2.24, 2.45) is 5.73 Å². The van der Waals surface area contributed by atoms with Crippen molar-refractivity contribution in [2.75, 3.05) is 17.7 Å². The van der Waals surface area contributed by atoms with Gasteiger partial charge in [0, 0.05) is 4.90 Å². The van der Waals surface area contributed by atoms with Gasteiger partial charge in [-0.15, -0.1) is 11.8 Å². The quantitative estimate of drug-likeness (QED) is 0.537. The molecule has 142 valence electrons. The number of anilines is 1. The third kappa shape index (κ3) is 6.79. The van der Waals surface area contributed by atoms with Crippen molar-refractivity contribution in [1.82, 2.24) is 0 Å². The van der Waals surface area contributed by atoms with E-state index in [0.717, 1.165) is 16.7 Å². The Balaban J connectivity index is 1.86. The number of hydrogen-bond acceptors (Lipinski definition) is 5. The summed E-state index contributed by atoms with van der Waals surface area (Å²) in [5, 5.41) is 2.68. The van der Waals surface area contributed by atoms with Crippen LogP contribution in [0.4, 0.5) is 5.69 Å². The minimum absolute atomic E-state index is 0.109. The Morgan fingerprint density at radius 1 is 1.07 bits per heavy atom. The number of nitrogens with two attached hydrogens (primary N) is 1. The molecule has 2 aromatic carbocycles. The summed E-state index contributed by atoms with van der Waals surface area (Å²) in [5.74, 6) is -1.25. The van der Waals surface area contributed by atoms with Crippen LogP contribution in [0.25, 0.3) is 0 Å². The van der Waals surface area contributed by atoms with Crippen LogP contribution in [-0.4, -0.2) is 30.1 Å². The van der Waals surface area contributed by atoms with Crippen LogP contribution in [0.3, 0.4) is 0 Å². The molecule has 0 saturated heterocycles. The highest BCUT2D eigenvalue weighted by atomic mass is 32.2. The summed E-state index contributed by atoms with van der Waals surface area (Å²) in [6.45, 7) is 3.60. The molecule has 27 heavy (non-hydrogen) atoms. The maximum Gasteiger partial charge on any atom is 0.310 e. The molecule has 0 aliphatic heterocycles. The van der Waals surface area contributed by atoms with Crippen molar-refractivity contribution in [3.05, 3.63) is 59.2 Å². The van der Waals surface area contributed by atoms with Gasteiger partial charge in [0.1, 0.15) is 0 Å². The summed E-state index contributed by atoms with van der Waals surface area (Å²) in [6, 6.07) is 12.8. The lowest BCUT2D eigenvalue weighted by atomic mass is 10.0. The van der Waals surface area contributed by atoms with Crippen molar-refractivity contribution in [1.29, 1.82) is 0 Å². The van der Waals surface area contributed by atoms with E-state index >= 15 is 0 Å². The molecule has 0 atom stereocenters. The first-order chi connectivity index (χ1) is 12.8. The largest absolute Gasteiger partial charge is 0.455 e. The monoisotopic (exact) mass is 386 g/mol. The smallest absolute Gasteiger partial charge is 0.310 e. The molecular weight excluding hydrogens is 364 g/mol. The molecule has 2 rings (SSSR count). The summed E-state index contributed by atoms with van der Waals surface area (Å²) in [6.07, 6.45) is 0.111. The van der Waals surface area contributed by atoms with E-state index < -0.39 is 17.8 Å². The first-order valence-electron chi connectivity index (χ1n) is 8.37. The zero-order valence-electron chi connectivity index (χ0n) is 15.3. The average molecular weight is 386 g/mol. The number of hydrogen-bond donors (Lipinski definition) is 2. The van der Waals surface area contributed by atoms with Gasteiger partial charge in [-0.3, -0.25) is 14.4 Å². The normalized spacial score (nSPS) is 10.3. The Morgan fingerprint density at radius 2 is 1.81 bits per heavy atom. The van der Waals surface area contributed by atoms with E-state index in [9.17, 15) is 14.4 Å². The number of aryl methyl sites for hydroxylation is 2. The van der Waals surface area contributed by atoms with Crippen LogP contribution in [-0.2, 0) is 25.5 Å². The third-order valence-corrected chi connectivity index (χ3v) is 4.91. The Bertz CT molecular complexity index is 852. The maximum atomic E-state index is 12.1. The van der Waals surface area contributed by atoms with Crippen molar-refractivity contribution in [3.63, 3.8) is 0 Å². The van der Waals surface area contributed by atoms with Gasteiger partial charge >= 0.3 is 5.97 Å². The van der Waals surface area contributed by atoms with Gasteiger partial charge < -0.3 is 15.8 Å². The number of carbonyl (C=O) groups excluding carboxylic acids is 3. The first-order valence-corrected chi connectivity index (χ1v) is 9.35. The van der Waals surface area contributed by atoms with Gasteiger partial charge in [-0.25, -0.2) is 0 Å². The number of nitrogens with one attached hydrogen (secondary N) is 1. The number of primary amides is 1. The lowest BCUT2D eigenvalue weighted by molar-refractivity contribution is -0.146. The van der Waals surface area contributed by atoms with E-state index in [4.69, 9.17) is 10.5 Å². The summed E-state index contributed by atoms with van der Waals surface area (Å²) in [4.78, 5) is 35.7. The zero-order chi connectivity index (χ0) is 19.8. The van der Waals surface area contributed by atoms with Gasteiger partial charge in [-0.05, 0) is 42.7 Å². The summed E-state index contributed by atoms with van der Waals surface area (Å²) in [5.41, 5.74) is 8.79. The van der Waals surface area contributed by atoms with Crippen LogP contribution in [0.15, 0.2) is 47.4 Å². The fourth-order valence-electron chi connectivity index (χ4n) is 2.31. The number of esters is 1. The molecule has 0 unspecified atom stereocenters. The predicted octanol–water partition coefficient (Wildman–Crippen LogP) is 2.61. The van der Waals surface area contributed by atoms with E-state index in [1.165, 1.54) is 11.8 Å². The number of benzene rings is 2. The van der Waals surface area contributed by atoms with Gasteiger partial charge in [0.05, 0.1) is 17.9 Å². The Hall–Kier alpha value is -2.80. The summed E-state index contributed by atoms with van der Waals surface area (Å²) >= 11 is 1.23. The van der Waals surface area contributed by atoms with Crippen LogP contribution < -0.4 is 11.1 Å². The number of thioether (sulfide) groups is 1. The second-order valence-corrected chi connectivity index (χ2v) is 7.07. The SMILES string of the molecule is Cc1ccc(CC(=O)OCC(=O)Nc2ccccc2SCC(N)=O)cc1C. The van der Waals surface area contributed by atoms with Crippen LogP contribution in [0.5, 0.6) is 0 Å². The molecule has 0 heterocycles. The van der Waals surface area contributed by atoms with Gasteiger partial charge in [0.2, 0.25) is 5.91 Å². The highest BCUT2D eigenvalue weighted by molar-refractivity contribution is 8.00. The Morgan fingerprint density at radius 3 is 2.52 bits per heavy atom. The fraction of sp³-hybridized carbons (Fsp3) is 0.250. The molecule has 2 amide bonds. The van der Waals surface area contributed by atoms with E-state index in [1.54, 1.807) is 24.3 Å². The lowest BCUT2D eigenvalue weighted by Gasteiger charge is -2.11. The van der Waals surface area contributed by atoms with Crippen molar-refractivity contribution in [2.45, 2.75) is 25.2 Å². The van der Waals surface area contributed by atoms with Gasteiger partial charge in [-0.2, -0.15) is 0 Å². The maximum absolute atomic E-state index is 12.1. The van der Waals surface area contributed by atoms with Gasteiger partial charge in [0.15, 0.2) is 6.61 Å². The fourth-order valence-corrected chi connectivity index (χ4v) is 3.06. The van der Waals surface area contributed by atoms with Crippen LogP contribution in [0.2, 0.25) is 0 Å². The second-order valence-electron chi connectivity index (χ2n) is 6.06. The predicted molar refractivity (Wildman–Crippen MR) is 106 cm³/mol. The minimum Gasteiger partial charge on any atom is -0.455 e. The molecule has 3 N–H and O–H groups in total. The number of para-hydroxylation sites is 1. The second kappa shape index (κ2) is 9.78. The first kappa shape index (κ1) is 20.5.